The van der Waals surface area contributed by atoms with Crippen LogP contribution in [0.4, 0.5) is 11.4 Å². The molecule has 3 nitrogen and oxygen atoms in total. The molecule has 122 valence electrons. The van der Waals surface area contributed by atoms with Gasteiger partial charge in [-0.3, -0.25) is 4.79 Å². The number of anilines is 2. The lowest BCUT2D eigenvalue weighted by molar-refractivity contribution is -0.114. The Labute approximate surface area is 143 Å². The molecule has 0 spiro atoms. The summed E-state index contributed by atoms with van der Waals surface area (Å²) in [6.07, 6.45) is 0. The molecule has 0 bridgehead atoms. The minimum Gasteiger partial charge on any atom is -0.376 e. The quantitative estimate of drug-likeness (QED) is 0.828. The van der Waals surface area contributed by atoms with Gasteiger partial charge < -0.3 is 10.6 Å². The highest BCUT2D eigenvalue weighted by atomic mass is 35.5. The first-order chi connectivity index (χ1) is 10.8. The van der Waals surface area contributed by atoms with Gasteiger partial charge in [-0.05, 0) is 47.7 Å². The Balaban J connectivity index is 1.90. The van der Waals surface area contributed by atoms with Gasteiger partial charge in [-0.25, -0.2) is 0 Å². The fourth-order valence-corrected chi connectivity index (χ4v) is 2.33. The number of rotatable bonds is 4. The molecule has 0 aliphatic carbocycles. The Kier molecular flexibility index (Phi) is 5.32. The smallest absolute Gasteiger partial charge is 0.243 e. The maximum absolute atomic E-state index is 12.0. The molecule has 0 aromatic heterocycles. The molecule has 4 heteroatoms. The molecule has 0 saturated carbocycles. The zero-order valence-corrected chi connectivity index (χ0v) is 14.8. The second-order valence-electron chi connectivity index (χ2n) is 6.69. The van der Waals surface area contributed by atoms with Crippen LogP contribution in [-0.2, 0) is 10.2 Å². The number of carbonyl (C=O) groups is 1. The maximum atomic E-state index is 12.0. The monoisotopic (exact) mass is 330 g/mol. The lowest BCUT2D eigenvalue weighted by Crippen LogP contribution is -2.21. The van der Waals surface area contributed by atoms with Gasteiger partial charge in [0, 0.05) is 16.4 Å². The van der Waals surface area contributed by atoms with E-state index in [-0.39, 0.29) is 17.9 Å². The van der Waals surface area contributed by atoms with Crippen molar-refractivity contribution < 1.29 is 4.79 Å². The van der Waals surface area contributed by atoms with E-state index in [4.69, 9.17) is 11.6 Å². The van der Waals surface area contributed by atoms with Crippen LogP contribution in [0.5, 0.6) is 0 Å². The van der Waals surface area contributed by atoms with Gasteiger partial charge in [-0.15, -0.1) is 0 Å². The summed E-state index contributed by atoms with van der Waals surface area (Å²) >= 11 is 6.05. The summed E-state index contributed by atoms with van der Waals surface area (Å²) in [5.74, 6) is -0.107. The minimum atomic E-state index is -0.107. The number of nitrogens with one attached hydrogen (secondary N) is 2. The highest BCUT2D eigenvalue weighted by Gasteiger charge is 2.12. The molecule has 2 rings (SSSR count). The number of amides is 1. The largest absolute Gasteiger partial charge is 0.376 e. The van der Waals surface area contributed by atoms with Crippen molar-refractivity contribution in [3.63, 3.8) is 0 Å². The number of hydrogen-bond acceptors (Lipinski definition) is 2. The first kappa shape index (κ1) is 17.4. The van der Waals surface area contributed by atoms with E-state index < -0.39 is 0 Å². The van der Waals surface area contributed by atoms with Crippen LogP contribution in [0.15, 0.2) is 42.5 Å². The first-order valence-corrected chi connectivity index (χ1v) is 8.04. The van der Waals surface area contributed by atoms with Crippen LogP contribution in [0.2, 0.25) is 5.02 Å². The van der Waals surface area contributed by atoms with Crippen LogP contribution in [0.1, 0.15) is 31.9 Å². The molecule has 0 aliphatic rings. The average Bonchev–Trinajstić information content (AvgIpc) is 2.48. The molecular weight excluding hydrogens is 308 g/mol. The summed E-state index contributed by atoms with van der Waals surface area (Å²) < 4.78 is 0. The standard InChI is InChI=1S/C19H23ClN2O/c1-13-5-8-16(11-17(13)20)22-18(23)12-21-15-9-6-14(7-10-15)19(2,3)4/h5-11,21H,12H2,1-4H3,(H,22,23). The summed E-state index contributed by atoms with van der Waals surface area (Å²) in [6, 6.07) is 13.6. The summed E-state index contributed by atoms with van der Waals surface area (Å²) in [5.41, 5.74) is 4.01. The van der Waals surface area contributed by atoms with Gasteiger partial charge in [0.2, 0.25) is 5.91 Å². The summed E-state index contributed by atoms with van der Waals surface area (Å²) in [5, 5.41) is 6.60. The van der Waals surface area contributed by atoms with Gasteiger partial charge in [0.15, 0.2) is 0 Å². The molecule has 2 aromatic carbocycles. The highest BCUT2D eigenvalue weighted by molar-refractivity contribution is 6.31. The van der Waals surface area contributed by atoms with Crippen LogP contribution >= 0.6 is 11.6 Å². The van der Waals surface area contributed by atoms with Crippen molar-refractivity contribution in [2.24, 2.45) is 0 Å². The fourth-order valence-electron chi connectivity index (χ4n) is 2.15. The van der Waals surface area contributed by atoms with Gasteiger partial charge in [-0.1, -0.05) is 50.6 Å². The second-order valence-corrected chi connectivity index (χ2v) is 7.10. The van der Waals surface area contributed by atoms with Crippen LogP contribution in [0, 0.1) is 6.92 Å². The van der Waals surface area contributed by atoms with Crippen molar-refractivity contribution in [2.45, 2.75) is 33.1 Å². The Hall–Kier alpha value is -2.00. The molecule has 0 heterocycles. The van der Waals surface area contributed by atoms with Crippen molar-refractivity contribution in [1.82, 2.24) is 0 Å². The lowest BCUT2D eigenvalue weighted by atomic mass is 9.87. The van der Waals surface area contributed by atoms with E-state index in [1.807, 2.05) is 31.2 Å². The number of benzene rings is 2. The first-order valence-electron chi connectivity index (χ1n) is 7.66. The predicted molar refractivity (Wildman–Crippen MR) is 98.5 cm³/mol. The van der Waals surface area contributed by atoms with Gasteiger partial charge in [0.1, 0.15) is 0 Å². The van der Waals surface area contributed by atoms with E-state index in [1.165, 1.54) is 5.56 Å². The van der Waals surface area contributed by atoms with Crippen molar-refractivity contribution in [3.05, 3.63) is 58.6 Å². The maximum Gasteiger partial charge on any atom is 0.243 e. The van der Waals surface area contributed by atoms with Gasteiger partial charge >= 0.3 is 0 Å². The number of hydrogen-bond donors (Lipinski definition) is 2. The van der Waals surface area contributed by atoms with Crippen molar-refractivity contribution in [3.8, 4) is 0 Å². The molecular formula is C19H23ClN2O. The summed E-state index contributed by atoms with van der Waals surface area (Å²) in [6.45, 7) is 8.66. The zero-order valence-electron chi connectivity index (χ0n) is 14.0. The van der Waals surface area contributed by atoms with E-state index in [2.05, 4.69) is 43.5 Å². The molecule has 0 atom stereocenters. The van der Waals surface area contributed by atoms with Gasteiger partial charge in [-0.2, -0.15) is 0 Å². The normalized spacial score (nSPS) is 11.2. The van der Waals surface area contributed by atoms with Gasteiger partial charge in [0.05, 0.1) is 6.54 Å². The molecule has 0 aliphatic heterocycles. The zero-order chi connectivity index (χ0) is 17.0. The van der Waals surface area contributed by atoms with E-state index in [9.17, 15) is 4.79 Å². The van der Waals surface area contributed by atoms with Crippen LogP contribution in [-0.4, -0.2) is 12.5 Å². The van der Waals surface area contributed by atoms with Crippen molar-refractivity contribution in [2.75, 3.05) is 17.2 Å². The second kappa shape index (κ2) is 7.05. The Morgan fingerprint density at radius 1 is 1.04 bits per heavy atom. The molecule has 2 aromatic rings. The molecule has 0 saturated heterocycles. The SMILES string of the molecule is Cc1ccc(NC(=O)CNc2ccc(C(C)(C)C)cc2)cc1Cl. The lowest BCUT2D eigenvalue weighted by Gasteiger charge is -2.19. The molecule has 23 heavy (non-hydrogen) atoms. The number of halogens is 1. The van der Waals surface area contributed by atoms with Crippen LogP contribution in [0.25, 0.3) is 0 Å². The molecule has 0 radical (unpaired) electrons. The van der Waals surface area contributed by atoms with E-state index in [0.717, 1.165) is 11.3 Å². The average molecular weight is 331 g/mol. The van der Waals surface area contributed by atoms with E-state index >= 15 is 0 Å². The highest BCUT2D eigenvalue weighted by Crippen LogP contribution is 2.23. The predicted octanol–water partition coefficient (Wildman–Crippen LogP) is 5.00. The topological polar surface area (TPSA) is 41.1 Å². The van der Waals surface area contributed by atoms with E-state index in [1.54, 1.807) is 6.07 Å². The Bertz CT molecular complexity index is 688. The molecule has 0 fully saturated rings. The molecule has 2 N–H and O–H groups in total. The minimum absolute atomic E-state index is 0.107. The molecule has 1 amide bonds. The third-order valence-electron chi connectivity index (χ3n) is 3.66. The van der Waals surface area contributed by atoms with Crippen molar-refractivity contribution >= 4 is 28.9 Å². The fraction of sp³-hybridized carbons (Fsp3) is 0.316. The van der Waals surface area contributed by atoms with Crippen LogP contribution in [0.3, 0.4) is 0 Å². The van der Waals surface area contributed by atoms with E-state index in [0.29, 0.717) is 10.7 Å². The van der Waals surface area contributed by atoms with Gasteiger partial charge in [0.25, 0.3) is 0 Å². The Morgan fingerprint density at radius 2 is 1.65 bits per heavy atom. The third-order valence-corrected chi connectivity index (χ3v) is 4.07. The third kappa shape index (κ3) is 5.00. The number of carbonyl (C=O) groups excluding carboxylic acids is 1. The van der Waals surface area contributed by atoms with Crippen LogP contribution < -0.4 is 10.6 Å². The summed E-state index contributed by atoms with van der Waals surface area (Å²) in [7, 11) is 0. The van der Waals surface area contributed by atoms with Crippen molar-refractivity contribution in [1.29, 1.82) is 0 Å². The summed E-state index contributed by atoms with van der Waals surface area (Å²) in [4.78, 5) is 12.0. The number of aryl methyl sites for hydroxylation is 1. The molecule has 0 unspecified atom stereocenters. The Morgan fingerprint density at radius 3 is 2.22 bits per heavy atom.